The Bertz CT molecular complexity index is 681. The van der Waals surface area contributed by atoms with Crippen molar-refractivity contribution >= 4 is 11.7 Å². The standard InChI is InChI=1S/C14H19N5O2/c1-8-7-9(2)19-14(15-8)17-12(18-19)13(21)16-10-5-3-4-6-11(10)20/h7,10-11,20H,3-6H2,1-2H3,(H,16,21). The number of aryl methyl sites for hydroxylation is 2. The number of rotatable bonds is 2. The Morgan fingerprint density at radius 1 is 1.33 bits per heavy atom. The molecule has 0 spiro atoms. The summed E-state index contributed by atoms with van der Waals surface area (Å²) in [5, 5.41) is 16.9. The third kappa shape index (κ3) is 2.73. The molecule has 7 nitrogen and oxygen atoms in total. The van der Waals surface area contributed by atoms with Gasteiger partial charge in [-0.05, 0) is 32.8 Å². The molecule has 0 aromatic carbocycles. The minimum Gasteiger partial charge on any atom is -0.391 e. The lowest BCUT2D eigenvalue weighted by molar-refractivity contribution is 0.0710. The number of nitrogens with zero attached hydrogens (tertiary/aromatic N) is 4. The molecular formula is C14H19N5O2. The topological polar surface area (TPSA) is 92.4 Å². The monoisotopic (exact) mass is 289 g/mol. The lowest BCUT2D eigenvalue weighted by Crippen LogP contribution is -2.45. The second kappa shape index (κ2) is 5.40. The molecule has 0 saturated heterocycles. The van der Waals surface area contributed by atoms with Crippen LogP contribution in [0.5, 0.6) is 0 Å². The van der Waals surface area contributed by atoms with Gasteiger partial charge in [0.25, 0.3) is 11.7 Å². The van der Waals surface area contributed by atoms with Crippen LogP contribution in [-0.2, 0) is 0 Å². The summed E-state index contributed by atoms with van der Waals surface area (Å²) in [5.74, 6) is 0.152. The Morgan fingerprint density at radius 2 is 2.10 bits per heavy atom. The van der Waals surface area contributed by atoms with Crippen molar-refractivity contribution in [1.29, 1.82) is 0 Å². The van der Waals surface area contributed by atoms with E-state index in [9.17, 15) is 9.90 Å². The first-order chi connectivity index (χ1) is 10.0. The molecule has 2 aromatic heterocycles. The molecule has 0 aliphatic heterocycles. The predicted molar refractivity (Wildman–Crippen MR) is 76.0 cm³/mol. The molecule has 1 aliphatic carbocycles. The third-order valence-corrected chi connectivity index (χ3v) is 3.87. The van der Waals surface area contributed by atoms with E-state index in [1.807, 2.05) is 19.9 Å². The van der Waals surface area contributed by atoms with Crippen molar-refractivity contribution < 1.29 is 9.90 Å². The first kappa shape index (κ1) is 13.9. The highest BCUT2D eigenvalue weighted by atomic mass is 16.3. The SMILES string of the molecule is Cc1cc(C)n2nc(C(=O)NC3CCCCC3O)nc2n1. The Kier molecular flexibility index (Phi) is 3.59. The number of aliphatic hydroxyl groups is 1. The molecule has 2 N–H and O–H groups in total. The maximum absolute atomic E-state index is 12.2. The highest BCUT2D eigenvalue weighted by molar-refractivity contribution is 5.91. The molecule has 1 fully saturated rings. The number of amides is 1. The molecule has 0 radical (unpaired) electrons. The van der Waals surface area contributed by atoms with E-state index in [-0.39, 0.29) is 17.8 Å². The lowest BCUT2D eigenvalue weighted by atomic mass is 9.92. The van der Waals surface area contributed by atoms with Crippen LogP contribution in [0, 0.1) is 13.8 Å². The maximum atomic E-state index is 12.2. The average molecular weight is 289 g/mol. The molecule has 1 saturated carbocycles. The zero-order chi connectivity index (χ0) is 15.0. The van der Waals surface area contributed by atoms with Crippen molar-refractivity contribution in [1.82, 2.24) is 24.9 Å². The maximum Gasteiger partial charge on any atom is 0.291 e. The molecule has 21 heavy (non-hydrogen) atoms. The average Bonchev–Trinajstić information content (AvgIpc) is 2.85. The summed E-state index contributed by atoms with van der Waals surface area (Å²) in [4.78, 5) is 20.7. The Labute approximate surface area is 122 Å². The number of carbonyl (C=O) groups is 1. The number of aromatic nitrogens is 4. The zero-order valence-electron chi connectivity index (χ0n) is 12.2. The molecule has 2 heterocycles. The normalized spacial score (nSPS) is 22.4. The number of carbonyl (C=O) groups excluding carboxylic acids is 1. The van der Waals surface area contributed by atoms with E-state index < -0.39 is 6.10 Å². The highest BCUT2D eigenvalue weighted by Gasteiger charge is 2.26. The van der Waals surface area contributed by atoms with E-state index in [0.29, 0.717) is 5.78 Å². The predicted octanol–water partition coefficient (Wildman–Crippen LogP) is 0.774. The van der Waals surface area contributed by atoms with Gasteiger partial charge in [-0.3, -0.25) is 4.79 Å². The number of hydrogen-bond acceptors (Lipinski definition) is 5. The van der Waals surface area contributed by atoms with Crippen molar-refractivity contribution in [2.24, 2.45) is 0 Å². The van der Waals surface area contributed by atoms with Gasteiger partial charge in [0.2, 0.25) is 5.82 Å². The third-order valence-electron chi connectivity index (χ3n) is 3.87. The molecular weight excluding hydrogens is 270 g/mol. The molecule has 1 aliphatic rings. The van der Waals surface area contributed by atoms with Crippen molar-refractivity contribution in [3.63, 3.8) is 0 Å². The number of nitrogens with one attached hydrogen (secondary N) is 1. The van der Waals surface area contributed by atoms with Crippen molar-refractivity contribution in [2.45, 2.75) is 51.7 Å². The van der Waals surface area contributed by atoms with Crippen LogP contribution in [0.3, 0.4) is 0 Å². The van der Waals surface area contributed by atoms with Gasteiger partial charge in [0.05, 0.1) is 12.1 Å². The van der Waals surface area contributed by atoms with E-state index in [0.717, 1.165) is 37.1 Å². The van der Waals surface area contributed by atoms with Gasteiger partial charge in [-0.25, -0.2) is 9.50 Å². The molecule has 1 amide bonds. The lowest BCUT2D eigenvalue weighted by Gasteiger charge is -2.27. The molecule has 112 valence electrons. The Morgan fingerprint density at radius 3 is 2.86 bits per heavy atom. The van der Waals surface area contributed by atoms with Crippen molar-refractivity contribution in [3.8, 4) is 0 Å². The van der Waals surface area contributed by atoms with Crippen LogP contribution in [0.1, 0.15) is 47.7 Å². The Balaban J connectivity index is 1.83. The summed E-state index contributed by atoms with van der Waals surface area (Å²) in [6.45, 7) is 3.77. The van der Waals surface area contributed by atoms with E-state index in [2.05, 4.69) is 20.4 Å². The fraction of sp³-hybridized carbons (Fsp3) is 0.571. The summed E-state index contributed by atoms with van der Waals surface area (Å²) >= 11 is 0. The van der Waals surface area contributed by atoms with E-state index in [1.54, 1.807) is 4.52 Å². The van der Waals surface area contributed by atoms with Crippen LogP contribution in [0.25, 0.3) is 5.78 Å². The fourth-order valence-corrected chi connectivity index (χ4v) is 2.78. The summed E-state index contributed by atoms with van der Waals surface area (Å²) in [7, 11) is 0. The van der Waals surface area contributed by atoms with Gasteiger partial charge < -0.3 is 10.4 Å². The molecule has 7 heteroatoms. The van der Waals surface area contributed by atoms with E-state index >= 15 is 0 Å². The highest BCUT2D eigenvalue weighted by Crippen LogP contribution is 2.18. The van der Waals surface area contributed by atoms with Crippen molar-refractivity contribution in [2.75, 3.05) is 0 Å². The zero-order valence-corrected chi connectivity index (χ0v) is 12.2. The summed E-state index contributed by atoms with van der Waals surface area (Å²) in [5.41, 5.74) is 1.71. The van der Waals surface area contributed by atoms with Gasteiger partial charge in [0.1, 0.15) is 0 Å². The summed E-state index contributed by atoms with van der Waals surface area (Å²) < 4.78 is 1.55. The smallest absolute Gasteiger partial charge is 0.291 e. The second-order valence-electron chi connectivity index (χ2n) is 5.62. The van der Waals surface area contributed by atoms with Gasteiger partial charge in [-0.1, -0.05) is 12.8 Å². The fourth-order valence-electron chi connectivity index (χ4n) is 2.78. The number of aliphatic hydroxyl groups excluding tert-OH is 1. The minimum atomic E-state index is -0.484. The Hall–Kier alpha value is -2.02. The number of hydrogen-bond donors (Lipinski definition) is 2. The molecule has 3 rings (SSSR count). The quantitative estimate of drug-likeness (QED) is 0.852. The van der Waals surface area contributed by atoms with Crippen molar-refractivity contribution in [3.05, 3.63) is 23.3 Å². The number of fused-ring (bicyclic) bond motifs is 1. The van der Waals surface area contributed by atoms with Gasteiger partial charge in [0.15, 0.2) is 0 Å². The van der Waals surface area contributed by atoms with Gasteiger partial charge >= 0.3 is 0 Å². The van der Waals surface area contributed by atoms with E-state index in [4.69, 9.17) is 0 Å². The second-order valence-corrected chi connectivity index (χ2v) is 5.62. The van der Waals surface area contributed by atoms with Crippen LogP contribution >= 0.6 is 0 Å². The molecule has 0 bridgehead atoms. The van der Waals surface area contributed by atoms with Gasteiger partial charge in [-0.2, -0.15) is 4.98 Å². The van der Waals surface area contributed by atoms with Crippen LogP contribution in [0.15, 0.2) is 6.07 Å². The minimum absolute atomic E-state index is 0.0916. The van der Waals surface area contributed by atoms with Gasteiger partial charge in [-0.15, -0.1) is 5.10 Å². The molecule has 2 atom stereocenters. The van der Waals surface area contributed by atoms with Gasteiger partial charge in [0, 0.05) is 11.4 Å². The molecule has 2 aromatic rings. The largest absolute Gasteiger partial charge is 0.391 e. The summed E-state index contributed by atoms with van der Waals surface area (Å²) in [6, 6.07) is 1.67. The molecule has 2 unspecified atom stereocenters. The first-order valence-electron chi connectivity index (χ1n) is 7.24. The van der Waals surface area contributed by atoms with Crippen LogP contribution in [0.2, 0.25) is 0 Å². The van der Waals surface area contributed by atoms with E-state index in [1.165, 1.54) is 0 Å². The first-order valence-corrected chi connectivity index (χ1v) is 7.24. The van der Waals surface area contributed by atoms with Crippen LogP contribution in [-0.4, -0.2) is 42.7 Å². The summed E-state index contributed by atoms with van der Waals surface area (Å²) in [6.07, 6.45) is 3.05. The van der Waals surface area contributed by atoms with Crippen LogP contribution < -0.4 is 5.32 Å². The van der Waals surface area contributed by atoms with Crippen LogP contribution in [0.4, 0.5) is 0 Å².